The Kier molecular flexibility index (Phi) is 6.99. The molecule has 1 aliphatic rings. The topological polar surface area (TPSA) is 53.4 Å². The van der Waals surface area contributed by atoms with Crippen molar-refractivity contribution in [3.05, 3.63) is 41.4 Å². The summed E-state index contributed by atoms with van der Waals surface area (Å²) in [5.74, 6) is 2.63. The van der Waals surface area contributed by atoms with Crippen LogP contribution in [0.1, 0.15) is 18.2 Å². The second kappa shape index (κ2) is 9.49. The van der Waals surface area contributed by atoms with E-state index in [1.807, 2.05) is 38.2 Å². The monoisotopic (exact) mass is 429 g/mol. The first kappa shape index (κ1) is 22.1. The molecule has 2 heterocycles. The van der Waals surface area contributed by atoms with Gasteiger partial charge >= 0.3 is 0 Å². The molecule has 7 nitrogen and oxygen atoms in total. The molecule has 0 N–H and O–H groups in total. The van der Waals surface area contributed by atoms with Crippen LogP contribution in [0.15, 0.2) is 35.2 Å². The van der Waals surface area contributed by atoms with E-state index in [0.717, 1.165) is 59.1 Å². The predicted octanol–water partition coefficient (Wildman–Crippen LogP) is 3.43. The fourth-order valence-corrected chi connectivity index (χ4v) is 4.43. The fraction of sp³-hybridized carbons (Fsp3) is 0.455. The number of methoxy groups -OCH3 is 2. The summed E-state index contributed by atoms with van der Waals surface area (Å²) in [6.45, 7) is 8.98. The summed E-state index contributed by atoms with van der Waals surface area (Å²) in [5.41, 5.74) is 2.93. The van der Waals surface area contributed by atoms with E-state index in [1.165, 1.54) is 0 Å². The highest BCUT2D eigenvalue weighted by atomic mass is 32.1. The number of rotatable bonds is 7. The van der Waals surface area contributed by atoms with E-state index in [1.54, 1.807) is 25.6 Å². The second-order valence-electron chi connectivity index (χ2n) is 7.41. The zero-order valence-corrected chi connectivity index (χ0v) is 19.5. The largest absolute Gasteiger partial charge is 0.497 e. The zero-order chi connectivity index (χ0) is 21.8. The minimum absolute atomic E-state index is 0.138. The summed E-state index contributed by atoms with van der Waals surface area (Å²) in [7, 11) is 9.20. The number of ether oxygens (including phenoxy) is 2. The first-order valence-corrected chi connectivity index (χ1v) is 10.8. The van der Waals surface area contributed by atoms with Crippen LogP contribution >= 0.6 is 11.3 Å². The number of aromatic nitrogens is 1. The molecule has 1 saturated heterocycles. The summed E-state index contributed by atoms with van der Waals surface area (Å²) in [6.07, 6.45) is 0. The van der Waals surface area contributed by atoms with E-state index in [9.17, 15) is 0 Å². The van der Waals surface area contributed by atoms with Crippen LogP contribution in [0.25, 0.3) is 5.70 Å². The first-order chi connectivity index (χ1) is 14.4. The van der Waals surface area contributed by atoms with Gasteiger partial charge in [0.1, 0.15) is 17.3 Å². The van der Waals surface area contributed by atoms with E-state index in [4.69, 9.17) is 14.5 Å². The number of hydrogen-bond donors (Lipinski definition) is 0. The third-order valence-corrected chi connectivity index (χ3v) is 6.41. The summed E-state index contributed by atoms with van der Waals surface area (Å²) in [4.78, 5) is 15.9. The van der Waals surface area contributed by atoms with E-state index < -0.39 is 0 Å². The van der Waals surface area contributed by atoms with Gasteiger partial charge in [0.15, 0.2) is 5.13 Å². The zero-order valence-electron chi connectivity index (χ0n) is 18.7. The highest BCUT2D eigenvalue weighted by molar-refractivity contribution is 7.13. The quantitative estimate of drug-likeness (QED) is 0.672. The van der Waals surface area contributed by atoms with Crippen molar-refractivity contribution in [2.45, 2.75) is 19.5 Å². The van der Waals surface area contributed by atoms with Crippen molar-refractivity contribution >= 4 is 28.0 Å². The molecule has 0 radical (unpaired) electrons. The first-order valence-electron chi connectivity index (χ1n) is 9.90. The maximum atomic E-state index is 5.58. The summed E-state index contributed by atoms with van der Waals surface area (Å²) in [5, 5.41) is 3.03. The number of nitrogens with zero attached hydrogens (tertiary/aromatic N) is 5. The SMILES string of the molecule is C=C(c1csc(N(C)C)n1)N1CCN(Cc2ccc(OC)cc2OC)[C@@H](C)C1=NC. The summed E-state index contributed by atoms with van der Waals surface area (Å²) < 4.78 is 10.9. The van der Waals surface area contributed by atoms with Crippen LogP contribution < -0.4 is 14.4 Å². The molecule has 0 amide bonds. The van der Waals surface area contributed by atoms with Gasteiger partial charge in [-0.05, 0) is 13.0 Å². The Balaban J connectivity index is 1.77. The highest BCUT2D eigenvalue weighted by Crippen LogP contribution is 2.30. The third-order valence-electron chi connectivity index (χ3n) is 5.40. The van der Waals surface area contributed by atoms with Gasteiger partial charge in [-0.2, -0.15) is 0 Å². The van der Waals surface area contributed by atoms with Crippen LogP contribution in [0.3, 0.4) is 0 Å². The molecule has 8 heteroatoms. The van der Waals surface area contributed by atoms with Crippen LogP contribution in [0.4, 0.5) is 5.13 Å². The van der Waals surface area contributed by atoms with E-state index in [2.05, 4.69) is 39.7 Å². The second-order valence-corrected chi connectivity index (χ2v) is 8.25. The average Bonchev–Trinajstić information content (AvgIpc) is 3.25. The lowest BCUT2D eigenvalue weighted by Gasteiger charge is -2.42. The summed E-state index contributed by atoms with van der Waals surface area (Å²) in [6, 6.07) is 6.10. The van der Waals surface area contributed by atoms with Gasteiger partial charge in [-0.3, -0.25) is 9.89 Å². The van der Waals surface area contributed by atoms with Crippen molar-refractivity contribution in [3.63, 3.8) is 0 Å². The molecule has 2 aromatic rings. The lowest BCUT2D eigenvalue weighted by molar-refractivity contribution is 0.195. The smallest absolute Gasteiger partial charge is 0.185 e. The van der Waals surface area contributed by atoms with Gasteiger partial charge in [-0.1, -0.05) is 12.6 Å². The molecule has 3 rings (SSSR count). The van der Waals surface area contributed by atoms with Gasteiger partial charge in [0.25, 0.3) is 0 Å². The predicted molar refractivity (Wildman–Crippen MR) is 125 cm³/mol. The molecule has 1 aromatic heterocycles. The number of aliphatic imine (C=N–C) groups is 1. The Morgan fingerprint density at radius 1 is 1.30 bits per heavy atom. The van der Waals surface area contributed by atoms with Crippen molar-refractivity contribution in [1.82, 2.24) is 14.8 Å². The van der Waals surface area contributed by atoms with Gasteiger partial charge in [-0.25, -0.2) is 4.98 Å². The number of benzene rings is 1. The van der Waals surface area contributed by atoms with Crippen molar-refractivity contribution in [1.29, 1.82) is 0 Å². The van der Waals surface area contributed by atoms with Crippen molar-refractivity contribution < 1.29 is 9.47 Å². The van der Waals surface area contributed by atoms with E-state index >= 15 is 0 Å². The number of thiazole rings is 1. The Bertz CT molecular complexity index is 924. The maximum absolute atomic E-state index is 5.58. The van der Waals surface area contributed by atoms with Crippen molar-refractivity contribution in [3.8, 4) is 11.5 Å². The van der Waals surface area contributed by atoms with Gasteiger partial charge < -0.3 is 19.3 Å². The molecule has 0 saturated carbocycles. The lowest BCUT2D eigenvalue weighted by Crippen LogP contribution is -2.54. The highest BCUT2D eigenvalue weighted by Gasteiger charge is 2.32. The standard InChI is InChI=1S/C22H31N5O2S/c1-15(19-14-30-22(24-19)25(4)5)27-11-10-26(16(2)21(27)23-3)13-17-8-9-18(28-6)12-20(17)29-7/h8-9,12,14,16H,1,10-11,13H2,2-7H3/t16-/m0/s1. The van der Waals surface area contributed by atoms with E-state index in [-0.39, 0.29) is 6.04 Å². The normalized spacial score (nSPS) is 18.5. The molecule has 1 aliphatic heterocycles. The van der Waals surface area contributed by atoms with Gasteiger partial charge in [0.05, 0.1) is 31.7 Å². The molecule has 162 valence electrons. The van der Waals surface area contributed by atoms with Crippen LogP contribution in [0.5, 0.6) is 11.5 Å². The van der Waals surface area contributed by atoms with Crippen LogP contribution in [0.2, 0.25) is 0 Å². The average molecular weight is 430 g/mol. The van der Waals surface area contributed by atoms with Gasteiger partial charge in [-0.15, -0.1) is 11.3 Å². The number of hydrogen-bond acceptors (Lipinski definition) is 7. The maximum Gasteiger partial charge on any atom is 0.185 e. The lowest BCUT2D eigenvalue weighted by atomic mass is 10.1. The molecule has 0 spiro atoms. The third kappa shape index (κ3) is 4.44. The molecular weight excluding hydrogens is 398 g/mol. The molecule has 1 aromatic carbocycles. The van der Waals surface area contributed by atoms with Gasteiger partial charge in [0.2, 0.25) is 0 Å². The van der Waals surface area contributed by atoms with Crippen molar-refractivity contribution in [2.75, 3.05) is 53.4 Å². The van der Waals surface area contributed by atoms with Crippen LogP contribution in [-0.4, -0.2) is 75.1 Å². The Hall–Kier alpha value is -2.58. The van der Waals surface area contributed by atoms with Crippen LogP contribution in [-0.2, 0) is 6.54 Å². The number of piperazine rings is 1. The fourth-order valence-electron chi connectivity index (χ4n) is 3.66. The van der Waals surface area contributed by atoms with Crippen molar-refractivity contribution in [2.24, 2.45) is 4.99 Å². The molecule has 0 aliphatic carbocycles. The van der Waals surface area contributed by atoms with E-state index in [0.29, 0.717) is 0 Å². The Morgan fingerprint density at radius 2 is 2.07 bits per heavy atom. The Morgan fingerprint density at radius 3 is 2.67 bits per heavy atom. The molecule has 0 unspecified atom stereocenters. The minimum atomic E-state index is 0.138. The summed E-state index contributed by atoms with van der Waals surface area (Å²) >= 11 is 1.62. The van der Waals surface area contributed by atoms with Crippen LogP contribution in [0, 0.1) is 0 Å². The van der Waals surface area contributed by atoms with Gasteiger partial charge in [0, 0.05) is 57.8 Å². The molecule has 1 atom stereocenters. The minimum Gasteiger partial charge on any atom is -0.497 e. The molecular formula is C22H31N5O2S. The molecule has 30 heavy (non-hydrogen) atoms. The number of amidine groups is 1. The molecule has 1 fully saturated rings. The molecule has 0 bridgehead atoms. The number of anilines is 1. The Labute approximate surface area is 183 Å².